The first-order valence-electron chi connectivity index (χ1n) is 21.1. The van der Waals surface area contributed by atoms with E-state index in [1.165, 1.54) is 17.7 Å². The number of aliphatic imine (C=N–C) groups is 1. The number of imide groups is 1. The number of nitrogens with zero attached hydrogens (tertiary/aromatic N) is 7. The number of carbonyl (C=O) groups is 3. The molecule has 5 aliphatic rings. The summed E-state index contributed by atoms with van der Waals surface area (Å²) in [5.74, 6) is -2.41. The number of hydrogen-bond donors (Lipinski definition) is 2. The molecule has 3 fully saturated rings. The van der Waals surface area contributed by atoms with E-state index in [1.807, 2.05) is 14.0 Å². The van der Waals surface area contributed by atoms with Gasteiger partial charge in [-0.3, -0.25) is 29.6 Å². The molecule has 4 aromatic rings. The average molecular weight is 820 g/mol. The number of guanidine groups is 1. The topological polar surface area (TPSA) is 137 Å². The van der Waals surface area contributed by atoms with Crippen molar-refractivity contribution in [3.63, 3.8) is 0 Å². The van der Waals surface area contributed by atoms with E-state index in [2.05, 4.69) is 60.5 Å². The maximum atomic E-state index is 15.1. The predicted molar refractivity (Wildman–Crippen MR) is 223 cm³/mol. The first-order chi connectivity index (χ1) is 28.9. The van der Waals surface area contributed by atoms with Crippen LogP contribution in [0.25, 0.3) is 11.3 Å². The summed E-state index contributed by atoms with van der Waals surface area (Å²) in [7, 11) is 1.84. The maximum Gasteiger partial charge on any atom is 0.280 e. The number of aromatic nitrogens is 3. The van der Waals surface area contributed by atoms with Gasteiger partial charge in [-0.05, 0) is 117 Å². The molecule has 5 aliphatic heterocycles. The molecule has 3 saturated heterocycles. The van der Waals surface area contributed by atoms with Gasteiger partial charge >= 0.3 is 0 Å². The van der Waals surface area contributed by atoms with Crippen LogP contribution in [-0.4, -0.2) is 94.1 Å². The molecule has 314 valence electrons. The molecule has 2 aromatic heterocycles. The van der Waals surface area contributed by atoms with Gasteiger partial charge in [0.15, 0.2) is 0 Å². The van der Waals surface area contributed by atoms with Crippen molar-refractivity contribution in [1.29, 1.82) is 0 Å². The monoisotopic (exact) mass is 819 g/mol. The average Bonchev–Trinajstić information content (AvgIpc) is 3.73. The van der Waals surface area contributed by atoms with Crippen molar-refractivity contribution in [3.05, 3.63) is 88.2 Å². The largest absolute Gasteiger partial charge is 0.477 e. The number of ether oxygens (including phenoxy) is 1. The van der Waals surface area contributed by atoms with Crippen molar-refractivity contribution in [2.45, 2.75) is 71.3 Å². The Bertz CT molecular complexity index is 2360. The molecule has 2 N–H and O–H groups in total. The summed E-state index contributed by atoms with van der Waals surface area (Å²) in [6.45, 7) is 10.7. The highest BCUT2D eigenvalue weighted by atomic mass is 19.1. The number of benzene rings is 2. The summed E-state index contributed by atoms with van der Waals surface area (Å²) in [5, 5.41) is 10.0. The third-order valence-electron chi connectivity index (χ3n) is 12.9. The molecule has 1 spiro atoms. The first-order valence-corrected chi connectivity index (χ1v) is 21.1. The number of aryl methyl sites for hydroxylation is 2. The van der Waals surface area contributed by atoms with Crippen molar-refractivity contribution in [1.82, 2.24) is 29.9 Å². The Morgan fingerprint density at radius 1 is 0.950 bits per heavy atom. The van der Waals surface area contributed by atoms with Gasteiger partial charge in [0.1, 0.15) is 11.6 Å². The fraction of sp³-hybridized carbons (Fsp3) is 0.467. The third kappa shape index (κ3) is 8.04. The Hall–Kier alpha value is -5.54. The van der Waals surface area contributed by atoms with Crippen molar-refractivity contribution in [2.75, 3.05) is 56.1 Å². The quantitative estimate of drug-likeness (QED) is 0.224. The maximum absolute atomic E-state index is 15.1. The molecule has 0 saturated carbocycles. The minimum Gasteiger partial charge on any atom is -0.477 e. The van der Waals surface area contributed by atoms with E-state index in [0.29, 0.717) is 66.4 Å². The Balaban J connectivity index is 0.821. The number of halogens is 2. The van der Waals surface area contributed by atoms with Gasteiger partial charge < -0.3 is 19.9 Å². The number of rotatable bonds is 6. The highest BCUT2D eigenvalue weighted by molar-refractivity contribution is 6.19. The Kier molecular flexibility index (Phi) is 10.7. The normalized spacial score (nSPS) is 22.9. The molecule has 13 nitrogen and oxygen atoms in total. The van der Waals surface area contributed by atoms with E-state index < -0.39 is 29.4 Å². The second-order valence-electron chi connectivity index (χ2n) is 17.5. The molecule has 15 heteroatoms. The van der Waals surface area contributed by atoms with E-state index in [4.69, 9.17) is 9.72 Å². The minimum atomic E-state index is -0.992. The summed E-state index contributed by atoms with van der Waals surface area (Å²) in [6.07, 6.45) is 6.33. The highest BCUT2D eigenvalue weighted by Crippen LogP contribution is 2.42. The van der Waals surface area contributed by atoms with Crippen LogP contribution in [0.2, 0.25) is 0 Å². The van der Waals surface area contributed by atoms with Gasteiger partial charge in [0.25, 0.3) is 5.91 Å². The lowest BCUT2D eigenvalue weighted by Gasteiger charge is -2.54. The smallest absolute Gasteiger partial charge is 0.280 e. The van der Waals surface area contributed by atoms with Crippen LogP contribution in [0.4, 0.5) is 20.2 Å². The van der Waals surface area contributed by atoms with E-state index >= 15 is 8.78 Å². The number of nitrogens with one attached hydrogen (secondary N) is 2. The predicted octanol–water partition coefficient (Wildman–Crippen LogP) is 5.97. The number of anilines is 2. The van der Waals surface area contributed by atoms with Crippen LogP contribution in [0.3, 0.4) is 0 Å². The summed E-state index contributed by atoms with van der Waals surface area (Å²) in [5.41, 5.74) is 6.25. The summed E-state index contributed by atoms with van der Waals surface area (Å²) < 4.78 is 38.1. The lowest BCUT2D eigenvalue weighted by atomic mass is 9.72. The second-order valence-corrected chi connectivity index (χ2v) is 17.5. The molecular formula is C45H51F2N9O4. The molecule has 60 heavy (non-hydrogen) atoms. The number of fused-ring (bicyclic) bond motifs is 7. The number of carbonyl (C=O) groups excluding carboxylic acids is 3. The standard InChI is InChI=1S/C45H51F2N9O4/c1-27-5-4-16-60-43-33(22-48-53(43)3)37-21-31(17-28(2)49-37)41(58)52-44-50-36-8-6-30(20-38(36)56(44)23-27)24-55-25-45(26-55)11-14-54(15-12-45)13-10-29-18-34(46)40(35(47)19-29)32-7-9-39(57)51-42(32)59/h6,8,17-22,27,32H,4-5,7,9-16,23-26H2,1-3H3,(H,50,52,58)(H,51,57,59)/t27-,32-/m1/s1. The number of likely N-dealkylation sites (tertiary alicyclic amines) is 2. The number of hydrogen-bond acceptors (Lipinski definition) is 10. The van der Waals surface area contributed by atoms with E-state index in [1.54, 1.807) is 23.0 Å². The minimum absolute atomic E-state index is 0.0668. The molecule has 2 atom stereocenters. The van der Waals surface area contributed by atoms with Crippen LogP contribution in [-0.2, 0) is 29.6 Å². The molecule has 2 bridgehead atoms. The van der Waals surface area contributed by atoms with E-state index in [0.717, 1.165) is 75.3 Å². The summed E-state index contributed by atoms with van der Waals surface area (Å²) >= 11 is 0. The van der Waals surface area contributed by atoms with Crippen LogP contribution in [0.5, 0.6) is 5.88 Å². The van der Waals surface area contributed by atoms with Gasteiger partial charge in [-0.2, -0.15) is 10.1 Å². The fourth-order valence-corrected chi connectivity index (χ4v) is 9.66. The van der Waals surface area contributed by atoms with Gasteiger partial charge in [0.05, 0.1) is 41.4 Å². The molecule has 7 heterocycles. The molecule has 9 rings (SSSR count). The molecule has 0 unspecified atom stereocenters. The van der Waals surface area contributed by atoms with Gasteiger partial charge in [-0.25, -0.2) is 13.5 Å². The number of pyridine rings is 1. The first kappa shape index (κ1) is 39.9. The zero-order valence-corrected chi connectivity index (χ0v) is 34.4. The number of amides is 3. The molecule has 2 aromatic carbocycles. The van der Waals surface area contributed by atoms with Crippen LogP contribution in [0.15, 0.2) is 53.7 Å². The zero-order valence-electron chi connectivity index (χ0n) is 34.4. The van der Waals surface area contributed by atoms with Gasteiger partial charge in [-0.15, -0.1) is 0 Å². The summed E-state index contributed by atoms with van der Waals surface area (Å²) in [4.78, 5) is 54.0. The van der Waals surface area contributed by atoms with Crippen molar-refractivity contribution in [2.24, 2.45) is 23.4 Å². The van der Waals surface area contributed by atoms with Gasteiger partial charge in [-0.1, -0.05) is 13.0 Å². The molecule has 3 amide bonds. The molecular weight excluding hydrogens is 769 g/mol. The van der Waals surface area contributed by atoms with Crippen molar-refractivity contribution in [3.8, 4) is 17.1 Å². The molecule has 0 aliphatic carbocycles. The van der Waals surface area contributed by atoms with Gasteiger partial charge in [0.2, 0.25) is 23.7 Å². The lowest BCUT2D eigenvalue weighted by molar-refractivity contribution is -0.134. The lowest BCUT2D eigenvalue weighted by Crippen LogP contribution is -2.59. The van der Waals surface area contributed by atoms with Crippen molar-refractivity contribution < 1.29 is 27.9 Å². The van der Waals surface area contributed by atoms with Crippen LogP contribution >= 0.6 is 0 Å². The second kappa shape index (κ2) is 16.1. The number of piperidine rings is 2. The summed E-state index contributed by atoms with van der Waals surface area (Å²) in [6, 6.07) is 12.7. The van der Waals surface area contributed by atoms with Crippen LogP contribution in [0, 0.1) is 29.9 Å². The van der Waals surface area contributed by atoms with E-state index in [9.17, 15) is 14.4 Å². The Morgan fingerprint density at radius 3 is 2.50 bits per heavy atom. The highest BCUT2D eigenvalue weighted by Gasteiger charge is 2.44. The molecule has 0 radical (unpaired) electrons. The van der Waals surface area contributed by atoms with Gasteiger partial charge in [0, 0.05) is 63.0 Å². The van der Waals surface area contributed by atoms with Crippen molar-refractivity contribution >= 4 is 35.1 Å². The Labute approximate surface area is 348 Å². The zero-order chi connectivity index (χ0) is 41.7. The van der Waals surface area contributed by atoms with Crippen LogP contribution < -0.4 is 20.3 Å². The third-order valence-corrected chi connectivity index (χ3v) is 12.9. The SMILES string of the molecule is Cc1cc2cc(n1)-c1cnn(C)c1OCCC[C@@H](C)CN1/C(=N/C2=O)Nc2ccc(CN3CC4(CCN(CCc5cc(F)c([C@H]6CCC(=O)NC6=O)c(F)c5)CC4)C3)cc21. The fourth-order valence-electron chi connectivity index (χ4n) is 9.66. The van der Waals surface area contributed by atoms with Crippen LogP contribution in [0.1, 0.15) is 84.1 Å². The Morgan fingerprint density at radius 2 is 1.73 bits per heavy atom. The van der Waals surface area contributed by atoms with E-state index in [-0.39, 0.29) is 29.7 Å².